The molecule has 5 heteroatoms. The van der Waals surface area contributed by atoms with E-state index in [1.807, 2.05) is 6.07 Å². The minimum atomic E-state index is 0.505. The molecule has 0 unspecified atom stereocenters. The van der Waals surface area contributed by atoms with Crippen LogP contribution in [-0.4, -0.2) is 36.2 Å². The molecule has 1 aromatic rings. The summed E-state index contributed by atoms with van der Waals surface area (Å²) in [7, 11) is 1.61. The van der Waals surface area contributed by atoms with Gasteiger partial charge in [-0.05, 0) is 25.9 Å². The number of hydrogen-bond donors (Lipinski definition) is 2. The van der Waals surface area contributed by atoms with Crippen molar-refractivity contribution in [3.8, 4) is 5.88 Å². The van der Waals surface area contributed by atoms with E-state index in [9.17, 15) is 0 Å². The van der Waals surface area contributed by atoms with Crippen LogP contribution in [-0.2, 0) is 0 Å². The van der Waals surface area contributed by atoms with E-state index in [4.69, 9.17) is 4.74 Å². The Morgan fingerprint density at radius 1 is 1.40 bits per heavy atom. The summed E-state index contributed by atoms with van der Waals surface area (Å²) in [5, 5.41) is 6.71. The molecule has 5 nitrogen and oxygen atoms in total. The molecular formula is C10H16N4O. The summed E-state index contributed by atoms with van der Waals surface area (Å²) in [5.74, 6) is 1.44. The second-order valence-corrected chi connectivity index (χ2v) is 3.61. The molecule has 15 heavy (non-hydrogen) atoms. The molecule has 82 valence electrons. The fourth-order valence-corrected chi connectivity index (χ4v) is 1.71. The molecule has 1 aliphatic heterocycles. The average Bonchev–Trinajstić information content (AvgIpc) is 2.31. The maximum Gasteiger partial charge on any atom is 0.218 e. The van der Waals surface area contributed by atoms with E-state index in [2.05, 4.69) is 20.6 Å². The molecule has 1 aliphatic rings. The van der Waals surface area contributed by atoms with Crippen molar-refractivity contribution >= 4 is 5.82 Å². The van der Waals surface area contributed by atoms with Gasteiger partial charge in [-0.1, -0.05) is 0 Å². The molecule has 0 spiro atoms. The zero-order valence-corrected chi connectivity index (χ0v) is 8.86. The van der Waals surface area contributed by atoms with Gasteiger partial charge in [0.2, 0.25) is 5.88 Å². The molecular weight excluding hydrogens is 192 g/mol. The van der Waals surface area contributed by atoms with Crippen molar-refractivity contribution in [3.05, 3.63) is 12.4 Å². The molecule has 1 saturated heterocycles. The number of anilines is 1. The standard InChI is InChI=1S/C10H16N4O/c1-15-10-6-9(12-7-13-10)14-8-2-4-11-5-3-8/h6-8,11H,2-5H2,1H3,(H,12,13,14). The predicted octanol–water partition coefficient (Wildman–Crippen LogP) is 0.649. The summed E-state index contributed by atoms with van der Waals surface area (Å²) < 4.78 is 5.04. The van der Waals surface area contributed by atoms with Crippen LogP contribution >= 0.6 is 0 Å². The summed E-state index contributed by atoms with van der Waals surface area (Å²) in [6.45, 7) is 2.14. The minimum absolute atomic E-state index is 0.505. The van der Waals surface area contributed by atoms with Crippen LogP contribution in [0.1, 0.15) is 12.8 Å². The topological polar surface area (TPSA) is 59.1 Å². The predicted molar refractivity (Wildman–Crippen MR) is 58.1 cm³/mol. The SMILES string of the molecule is COc1cc(NC2CCNCC2)ncn1. The summed E-state index contributed by atoms with van der Waals surface area (Å²) in [5.41, 5.74) is 0. The fourth-order valence-electron chi connectivity index (χ4n) is 1.71. The lowest BCUT2D eigenvalue weighted by atomic mass is 10.1. The largest absolute Gasteiger partial charge is 0.481 e. The number of aromatic nitrogens is 2. The number of nitrogens with zero attached hydrogens (tertiary/aromatic N) is 2. The average molecular weight is 208 g/mol. The first-order chi connectivity index (χ1) is 7.38. The van der Waals surface area contributed by atoms with E-state index in [1.54, 1.807) is 7.11 Å². The van der Waals surface area contributed by atoms with E-state index in [1.165, 1.54) is 6.33 Å². The highest BCUT2D eigenvalue weighted by molar-refractivity contribution is 5.38. The van der Waals surface area contributed by atoms with Crippen molar-refractivity contribution in [2.45, 2.75) is 18.9 Å². The number of nitrogens with one attached hydrogen (secondary N) is 2. The maximum absolute atomic E-state index is 5.04. The van der Waals surface area contributed by atoms with Gasteiger partial charge in [0.25, 0.3) is 0 Å². The van der Waals surface area contributed by atoms with Gasteiger partial charge in [-0.2, -0.15) is 0 Å². The summed E-state index contributed by atoms with van der Waals surface area (Å²) in [6.07, 6.45) is 3.78. The number of rotatable bonds is 3. The Balaban J connectivity index is 1.96. The van der Waals surface area contributed by atoms with Crippen LogP contribution in [0.2, 0.25) is 0 Å². The third kappa shape index (κ3) is 2.79. The monoisotopic (exact) mass is 208 g/mol. The van der Waals surface area contributed by atoms with Crippen molar-refractivity contribution in [2.24, 2.45) is 0 Å². The van der Waals surface area contributed by atoms with E-state index in [0.29, 0.717) is 11.9 Å². The second-order valence-electron chi connectivity index (χ2n) is 3.61. The molecule has 0 saturated carbocycles. The van der Waals surface area contributed by atoms with Crippen molar-refractivity contribution in [3.63, 3.8) is 0 Å². The molecule has 0 atom stereocenters. The third-order valence-corrected chi connectivity index (χ3v) is 2.54. The highest BCUT2D eigenvalue weighted by Crippen LogP contribution is 2.14. The van der Waals surface area contributed by atoms with Crippen LogP contribution in [0, 0.1) is 0 Å². The molecule has 1 fully saturated rings. The normalized spacial score (nSPS) is 17.4. The van der Waals surface area contributed by atoms with Gasteiger partial charge in [0.15, 0.2) is 0 Å². The summed E-state index contributed by atoms with van der Waals surface area (Å²) >= 11 is 0. The Labute approximate surface area is 89.3 Å². The van der Waals surface area contributed by atoms with Crippen LogP contribution in [0.5, 0.6) is 5.88 Å². The van der Waals surface area contributed by atoms with Gasteiger partial charge < -0.3 is 15.4 Å². The smallest absolute Gasteiger partial charge is 0.218 e. The van der Waals surface area contributed by atoms with Crippen LogP contribution in [0.4, 0.5) is 5.82 Å². The molecule has 1 aromatic heterocycles. The Hall–Kier alpha value is -1.36. The Bertz CT molecular complexity index is 312. The quantitative estimate of drug-likeness (QED) is 0.763. The van der Waals surface area contributed by atoms with Crippen molar-refractivity contribution in [1.82, 2.24) is 15.3 Å². The molecule has 0 radical (unpaired) electrons. The summed E-state index contributed by atoms with van der Waals surface area (Å²) in [4.78, 5) is 8.12. The van der Waals surface area contributed by atoms with Crippen LogP contribution in [0.3, 0.4) is 0 Å². The first-order valence-electron chi connectivity index (χ1n) is 5.22. The lowest BCUT2D eigenvalue weighted by Crippen LogP contribution is -2.35. The van der Waals surface area contributed by atoms with Crippen molar-refractivity contribution < 1.29 is 4.74 Å². The van der Waals surface area contributed by atoms with Crippen LogP contribution in [0.25, 0.3) is 0 Å². The lowest BCUT2D eigenvalue weighted by Gasteiger charge is -2.24. The number of piperidine rings is 1. The summed E-state index contributed by atoms with van der Waals surface area (Å²) in [6, 6.07) is 2.33. The maximum atomic E-state index is 5.04. The van der Waals surface area contributed by atoms with Crippen molar-refractivity contribution in [1.29, 1.82) is 0 Å². The number of ether oxygens (including phenoxy) is 1. The fraction of sp³-hybridized carbons (Fsp3) is 0.600. The number of hydrogen-bond acceptors (Lipinski definition) is 5. The molecule has 2 N–H and O–H groups in total. The first kappa shape index (κ1) is 10.2. The van der Waals surface area contributed by atoms with E-state index in [0.717, 1.165) is 31.7 Å². The Morgan fingerprint density at radius 3 is 2.93 bits per heavy atom. The Morgan fingerprint density at radius 2 is 2.20 bits per heavy atom. The molecule has 0 aliphatic carbocycles. The molecule has 2 heterocycles. The van der Waals surface area contributed by atoms with E-state index >= 15 is 0 Å². The van der Waals surface area contributed by atoms with Gasteiger partial charge in [0.05, 0.1) is 7.11 Å². The lowest BCUT2D eigenvalue weighted by molar-refractivity contribution is 0.397. The Kier molecular flexibility index (Phi) is 3.34. The zero-order chi connectivity index (χ0) is 10.5. The van der Waals surface area contributed by atoms with Gasteiger partial charge in [-0.3, -0.25) is 0 Å². The van der Waals surface area contributed by atoms with Gasteiger partial charge in [-0.15, -0.1) is 0 Å². The highest BCUT2D eigenvalue weighted by Gasteiger charge is 2.13. The van der Waals surface area contributed by atoms with Gasteiger partial charge in [0, 0.05) is 12.1 Å². The van der Waals surface area contributed by atoms with Crippen LogP contribution in [0.15, 0.2) is 12.4 Å². The van der Waals surface area contributed by atoms with Gasteiger partial charge in [0.1, 0.15) is 12.1 Å². The minimum Gasteiger partial charge on any atom is -0.481 e. The van der Waals surface area contributed by atoms with E-state index in [-0.39, 0.29) is 0 Å². The molecule has 2 rings (SSSR count). The molecule has 0 aromatic carbocycles. The van der Waals surface area contributed by atoms with Crippen LogP contribution < -0.4 is 15.4 Å². The first-order valence-corrected chi connectivity index (χ1v) is 5.22. The van der Waals surface area contributed by atoms with Gasteiger partial charge in [-0.25, -0.2) is 9.97 Å². The zero-order valence-electron chi connectivity index (χ0n) is 8.86. The highest BCUT2D eigenvalue weighted by atomic mass is 16.5. The van der Waals surface area contributed by atoms with E-state index < -0.39 is 0 Å². The third-order valence-electron chi connectivity index (χ3n) is 2.54. The molecule has 0 amide bonds. The second kappa shape index (κ2) is 4.93. The molecule has 0 bridgehead atoms. The van der Waals surface area contributed by atoms with Gasteiger partial charge >= 0.3 is 0 Å². The van der Waals surface area contributed by atoms with Crippen molar-refractivity contribution in [2.75, 3.05) is 25.5 Å². The number of methoxy groups -OCH3 is 1.